The van der Waals surface area contributed by atoms with E-state index in [-0.39, 0.29) is 6.17 Å². The van der Waals surface area contributed by atoms with Crippen molar-refractivity contribution in [2.45, 2.75) is 44.2 Å². The van der Waals surface area contributed by atoms with Crippen LogP contribution in [0, 0.1) is 0 Å². The molecule has 0 atom stereocenters. The van der Waals surface area contributed by atoms with Crippen LogP contribution in [0.15, 0.2) is 24.3 Å². The van der Waals surface area contributed by atoms with Crippen molar-refractivity contribution >= 4 is 0 Å². The fraction of sp³-hybridized carbons (Fsp3) is 0.538. The molecule has 1 aliphatic carbocycles. The van der Waals surface area contributed by atoms with E-state index >= 15 is 0 Å². The Labute approximate surface area is 91.7 Å². The van der Waals surface area contributed by atoms with Crippen molar-refractivity contribution in [2.24, 2.45) is 11.5 Å². The van der Waals surface area contributed by atoms with Crippen LogP contribution in [0.1, 0.15) is 55.3 Å². The summed E-state index contributed by atoms with van der Waals surface area (Å²) >= 11 is 0. The van der Waals surface area contributed by atoms with E-state index in [0.717, 1.165) is 5.56 Å². The normalized spacial score (nSPS) is 18.3. The summed E-state index contributed by atoms with van der Waals surface area (Å²) in [6.45, 7) is 0. The van der Waals surface area contributed by atoms with Gasteiger partial charge in [0.15, 0.2) is 0 Å². The molecule has 2 nitrogen and oxygen atoms in total. The quantitative estimate of drug-likeness (QED) is 0.728. The molecule has 2 heteroatoms. The Balaban J connectivity index is 2.25. The van der Waals surface area contributed by atoms with Gasteiger partial charge in [-0.05, 0) is 29.9 Å². The van der Waals surface area contributed by atoms with E-state index in [1.807, 2.05) is 6.07 Å². The van der Waals surface area contributed by atoms with Crippen LogP contribution in [0.4, 0.5) is 0 Å². The molecule has 1 aromatic carbocycles. The third-order valence-corrected chi connectivity index (χ3v) is 3.40. The van der Waals surface area contributed by atoms with Crippen molar-refractivity contribution in [2.75, 3.05) is 0 Å². The topological polar surface area (TPSA) is 52.0 Å². The standard InChI is InChI=1S/C13H20N2/c14-13(15)12-9-5-4-8-11(12)10-6-2-1-3-7-10/h4-5,8-10,13H,1-3,6-7,14-15H2. The maximum absolute atomic E-state index is 5.80. The summed E-state index contributed by atoms with van der Waals surface area (Å²) in [7, 11) is 0. The molecule has 0 saturated heterocycles. The lowest BCUT2D eigenvalue weighted by atomic mass is 9.82. The second-order valence-corrected chi connectivity index (χ2v) is 4.49. The zero-order chi connectivity index (χ0) is 10.7. The summed E-state index contributed by atoms with van der Waals surface area (Å²) in [5, 5.41) is 0. The van der Waals surface area contributed by atoms with Gasteiger partial charge in [-0.2, -0.15) is 0 Å². The Morgan fingerprint density at radius 1 is 1.00 bits per heavy atom. The third-order valence-electron chi connectivity index (χ3n) is 3.40. The summed E-state index contributed by atoms with van der Waals surface area (Å²) < 4.78 is 0. The Kier molecular flexibility index (Phi) is 3.39. The highest BCUT2D eigenvalue weighted by Crippen LogP contribution is 2.35. The fourth-order valence-electron chi connectivity index (χ4n) is 2.60. The molecule has 0 heterocycles. The van der Waals surface area contributed by atoms with E-state index in [4.69, 9.17) is 11.5 Å². The van der Waals surface area contributed by atoms with Crippen molar-refractivity contribution in [3.05, 3.63) is 35.4 Å². The van der Waals surface area contributed by atoms with Gasteiger partial charge in [0, 0.05) is 0 Å². The van der Waals surface area contributed by atoms with Crippen LogP contribution in [0.3, 0.4) is 0 Å². The highest BCUT2D eigenvalue weighted by atomic mass is 14.8. The molecule has 0 amide bonds. The molecule has 4 N–H and O–H groups in total. The van der Waals surface area contributed by atoms with Gasteiger partial charge >= 0.3 is 0 Å². The number of hydrogen-bond donors (Lipinski definition) is 2. The van der Waals surface area contributed by atoms with Gasteiger partial charge in [0.05, 0.1) is 6.17 Å². The number of rotatable bonds is 2. The van der Waals surface area contributed by atoms with Crippen LogP contribution in [0.2, 0.25) is 0 Å². The lowest BCUT2D eigenvalue weighted by Gasteiger charge is -2.25. The molecule has 82 valence electrons. The molecular weight excluding hydrogens is 184 g/mol. The maximum Gasteiger partial charge on any atom is 0.0787 e. The van der Waals surface area contributed by atoms with Gasteiger partial charge in [-0.3, -0.25) is 0 Å². The summed E-state index contributed by atoms with van der Waals surface area (Å²) in [6, 6.07) is 8.37. The van der Waals surface area contributed by atoms with E-state index in [9.17, 15) is 0 Å². The Morgan fingerprint density at radius 3 is 2.33 bits per heavy atom. The van der Waals surface area contributed by atoms with Crippen LogP contribution in [0.5, 0.6) is 0 Å². The average molecular weight is 204 g/mol. The number of hydrogen-bond acceptors (Lipinski definition) is 2. The van der Waals surface area contributed by atoms with Crippen molar-refractivity contribution in [3.63, 3.8) is 0 Å². The molecule has 0 spiro atoms. The summed E-state index contributed by atoms with van der Waals surface area (Å²) in [5.41, 5.74) is 14.1. The third kappa shape index (κ3) is 2.39. The van der Waals surface area contributed by atoms with Gasteiger partial charge in [-0.1, -0.05) is 43.5 Å². The minimum atomic E-state index is -0.330. The first kappa shape index (κ1) is 10.7. The van der Waals surface area contributed by atoms with Gasteiger partial charge < -0.3 is 11.5 Å². The Morgan fingerprint density at radius 2 is 1.67 bits per heavy atom. The first-order valence-corrected chi connectivity index (χ1v) is 5.89. The lowest BCUT2D eigenvalue weighted by molar-refractivity contribution is 0.440. The van der Waals surface area contributed by atoms with Gasteiger partial charge in [-0.15, -0.1) is 0 Å². The Hall–Kier alpha value is -0.860. The maximum atomic E-state index is 5.80. The van der Waals surface area contributed by atoms with Gasteiger partial charge in [-0.25, -0.2) is 0 Å². The number of benzene rings is 1. The van der Waals surface area contributed by atoms with Crippen LogP contribution in [0.25, 0.3) is 0 Å². The first-order chi connectivity index (χ1) is 7.29. The highest BCUT2D eigenvalue weighted by Gasteiger charge is 2.19. The zero-order valence-corrected chi connectivity index (χ0v) is 9.15. The molecule has 0 unspecified atom stereocenters. The average Bonchev–Trinajstić information content (AvgIpc) is 2.30. The molecule has 0 aromatic heterocycles. The van der Waals surface area contributed by atoms with E-state index in [1.165, 1.54) is 37.7 Å². The molecule has 1 aromatic rings. The molecule has 1 fully saturated rings. The second kappa shape index (κ2) is 4.77. The predicted octanol–water partition coefficient (Wildman–Crippen LogP) is 2.65. The van der Waals surface area contributed by atoms with Crippen molar-refractivity contribution in [3.8, 4) is 0 Å². The SMILES string of the molecule is NC(N)c1ccccc1C1CCCCC1. The molecule has 1 saturated carbocycles. The van der Waals surface area contributed by atoms with Crippen LogP contribution < -0.4 is 11.5 Å². The molecule has 1 aliphatic rings. The second-order valence-electron chi connectivity index (χ2n) is 4.49. The molecule has 0 aliphatic heterocycles. The molecule has 0 bridgehead atoms. The van der Waals surface area contributed by atoms with E-state index in [1.54, 1.807) is 0 Å². The van der Waals surface area contributed by atoms with Gasteiger partial charge in [0.2, 0.25) is 0 Å². The fourth-order valence-corrected chi connectivity index (χ4v) is 2.60. The van der Waals surface area contributed by atoms with E-state index in [2.05, 4.69) is 18.2 Å². The van der Waals surface area contributed by atoms with E-state index in [0.29, 0.717) is 5.92 Å². The lowest BCUT2D eigenvalue weighted by Crippen LogP contribution is -2.22. The minimum Gasteiger partial charge on any atom is -0.312 e. The van der Waals surface area contributed by atoms with Gasteiger partial charge in [0.1, 0.15) is 0 Å². The largest absolute Gasteiger partial charge is 0.312 e. The summed E-state index contributed by atoms with van der Waals surface area (Å²) in [5.74, 6) is 0.685. The van der Waals surface area contributed by atoms with Crippen LogP contribution in [-0.2, 0) is 0 Å². The smallest absolute Gasteiger partial charge is 0.0787 e. The van der Waals surface area contributed by atoms with Gasteiger partial charge in [0.25, 0.3) is 0 Å². The molecular formula is C13H20N2. The Bertz CT molecular complexity index is 314. The van der Waals surface area contributed by atoms with Crippen molar-refractivity contribution in [1.29, 1.82) is 0 Å². The molecule has 0 radical (unpaired) electrons. The summed E-state index contributed by atoms with van der Waals surface area (Å²) in [6.07, 6.45) is 6.33. The minimum absolute atomic E-state index is 0.330. The number of nitrogens with two attached hydrogens (primary N) is 2. The first-order valence-electron chi connectivity index (χ1n) is 5.89. The van der Waals surface area contributed by atoms with Crippen molar-refractivity contribution in [1.82, 2.24) is 0 Å². The van der Waals surface area contributed by atoms with Crippen molar-refractivity contribution < 1.29 is 0 Å². The monoisotopic (exact) mass is 204 g/mol. The zero-order valence-electron chi connectivity index (χ0n) is 9.15. The highest BCUT2D eigenvalue weighted by molar-refractivity contribution is 5.32. The predicted molar refractivity (Wildman–Crippen MR) is 63.4 cm³/mol. The van der Waals surface area contributed by atoms with Crippen LogP contribution in [-0.4, -0.2) is 0 Å². The molecule has 15 heavy (non-hydrogen) atoms. The van der Waals surface area contributed by atoms with Crippen LogP contribution >= 0.6 is 0 Å². The summed E-state index contributed by atoms with van der Waals surface area (Å²) in [4.78, 5) is 0. The molecule has 2 rings (SSSR count). The van der Waals surface area contributed by atoms with E-state index < -0.39 is 0 Å².